The number of aromatic nitrogens is 1. The molecule has 0 aliphatic heterocycles. The van der Waals surface area contributed by atoms with Gasteiger partial charge in [0.15, 0.2) is 0 Å². The molecular formula is C15H23N3O. The van der Waals surface area contributed by atoms with E-state index in [1.54, 1.807) is 6.07 Å². The maximum atomic E-state index is 12.1. The number of carbonyl (C=O) groups excluding carboxylic acids is 1. The van der Waals surface area contributed by atoms with E-state index in [1.165, 1.54) is 12.8 Å². The second-order valence-corrected chi connectivity index (χ2v) is 5.39. The summed E-state index contributed by atoms with van der Waals surface area (Å²) in [6, 6.07) is 5.75. The van der Waals surface area contributed by atoms with Gasteiger partial charge in [-0.2, -0.15) is 0 Å². The molecule has 1 heterocycles. The number of rotatable bonds is 7. The Morgan fingerprint density at radius 2 is 2.26 bits per heavy atom. The van der Waals surface area contributed by atoms with E-state index in [4.69, 9.17) is 0 Å². The fourth-order valence-electron chi connectivity index (χ4n) is 2.12. The van der Waals surface area contributed by atoms with Gasteiger partial charge in [-0.15, -0.1) is 0 Å². The van der Waals surface area contributed by atoms with E-state index in [0.29, 0.717) is 5.69 Å². The molecule has 2 rings (SSSR count). The molecule has 1 aromatic rings. The Balaban J connectivity index is 1.89. The standard InChI is InChI=1S/C15H23N3O/c1-3-9-16-14-6-4-5-13(18-14)15(19)17-11(2)10-12-7-8-12/h4-6,11-12H,3,7-10H2,1-2H3,(H,16,18)(H,17,19). The number of anilines is 1. The Morgan fingerprint density at radius 1 is 1.47 bits per heavy atom. The van der Waals surface area contributed by atoms with Crippen LogP contribution in [0.3, 0.4) is 0 Å². The maximum absolute atomic E-state index is 12.1. The molecule has 1 atom stereocenters. The molecule has 2 N–H and O–H groups in total. The predicted molar refractivity (Wildman–Crippen MR) is 77.3 cm³/mol. The van der Waals surface area contributed by atoms with Gasteiger partial charge in [0.2, 0.25) is 0 Å². The number of pyridine rings is 1. The van der Waals surface area contributed by atoms with Crippen LogP contribution in [0.15, 0.2) is 18.2 Å². The first kappa shape index (κ1) is 13.8. The van der Waals surface area contributed by atoms with Gasteiger partial charge in [-0.1, -0.05) is 25.8 Å². The van der Waals surface area contributed by atoms with Crippen LogP contribution in [0.1, 0.15) is 50.0 Å². The lowest BCUT2D eigenvalue weighted by Crippen LogP contribution is -2.33. The first-order valence-electron chi connectivity index (χ1n) is 7.21. The zero-order chi connectivity index (χ0) is 13.7. The largest absolute Gasteiger partial charge is 0.370 e. The lowest BCUT2D eigenvalue weighted by Gasteiger charge is -2.13. The van der Waals surface area contributed by atoms with Crippen molar-refractivity contribution in [2.75, 3.05) is 11.9 Å². The van der Waals surface area contributed by atoms with Gasteiger partial charge in [0.05, 0.1) is 0 Å². The summed E-state index contributed by atoms with van der Waals surface area (Å²) in [7, 11) is 0. The predicted octanol–water partition coefficient (Wildman–Crippen LogP) is 2.82. The van der Waals surface area contributed by atoms with Crippen LogP contribution in [0, 0.1) is 5.92 Å². The molecule has 1 aliphatic carbocycles. The third-order valence-corrected chi connectivity index (χ3v) is 3.30. The third-order valence-electron chi connectivity index (χ3n) is 3.30. The van der Waals surface area contributed by atoms with Crippen LogP contribution >= 0.6 is 0 Å². The summed E-state index contributed by atoms with van der Waals surface area (Å²) in [4.78, 5) is 16.4. The minimum atomic E-state index is -0.0756. The van der Waals surface area contributed by atoms with Gasteiger partial charge in [0.25, 0.3) is 5.91 Å². The van der Waals surface area contributed by atoms with E-state index < -0.39 is 0 Å². The molecule has 4 heteroatoms. The monoisotopic (exact) mass is 261 g/mol. The number of nitrogens with zero attached hydrogens (tertiary/aromatic N) is 1. The van der Waals surface area contributed by atoms with Gasteiger partial charge < -0.3 is 10.6 Å². The minimum absolute atomic E-state index is 0.0756. The number of hydrogen-bond donors (Lipinski definition) is 2. The highest BCUT2D eigenvalue weighted by Crippen LogP contribution is 2.33. The highest BCUT2D eigenvalue weighted by molar-refractivity contribution is 5.92. The van der Waals surface area contributed by atoms with Crippen molar-refractivity contribution in [2.45, 2.75) is 45.6 Å². The highest BCUT2D eigenvalue weighted by atomic mass is 16.1. The van der Waals surface area contributed by atoms with E-state index in [2.05, 4.69) is 29.5 Å². The van der Waals surface area contributed by atoms with Gasteiger partial charge in [-0.3, -0.25) is 4.79 Å². The summed E-state index contributed by atoms with van der Waals surface area (Å²) in [5, 5.41) is 6.22. The summed E-state index contributed by atoms with van der Waals surface area (Å²) in [6.45, 7) is 5.04. The summed E-state index contributed by atoms with van der Waals surface area (Å²) in [5.41, 5.74) is 0.490. The normalized spacial score (nSPS) is 15.9. The molecule has 1 amide bonds. The average Bonchev–Trinajstić information content (AvgIpc) is 3.20. The quantitative estimate of drug-likeness (QED) is 0.793. The highest BCUT2D eigenvalue weighted by Gasteiger charge is 2.24. The van der Waals surface area contributed by atoms with E-state index in [1.807, 2.05) is 12.1 Å². The molecule has 1 fully saturated rings. The van der Waals surface area contributed by atoms with Crippen molar-refractivity contribution >= 4 is 11.7 Å². The van der Waals surface area contributed by atoms with Crippen LogP contribution < -0.4 is 10.6 Å². The molecule has 19 heavy (non-hydrogen) atoms. The SMILES string of the molecule is CCCNc1cccc(C(=O)NC(C)CC2CC2)n1. The van der Waals surface area contributed by atoms with Gasteiger partial charge in [-0.05, 0) is 37.8 Å². The van der Waals surface area contributed by atoms with Crippen LogP contribution in [0.2, 0.25) is 0 Å². The lowest BCUT2D eigenvalue weighted by molar-refractivity contribution is 0.0932. The molecule has 0 aromatic carbocycles. The van der Waals surface area contributed by atoms with Crippen LogP contribution in [0.25, 0.3) is 0 Å². The second-order valence-electron chi connectivity index (χ2n) is 5.39. The van der Waals surface area contributed by atoms with Crippen molar-refractivity contribution in [3.8, 4) is 0 Å². The van der Waals surface area contributed by atoms with E-state index in [0.717, 1.165) is 31.1 Å². The molecule has 1 unspecified atom stereocenters. The Hall–Kier alpha value is -1.58. The van der Waals surface area contributed by atoms with Crippen molar-refractivity contribution in [1.29, 1.82) is 0 Å². The van der Waals surface area contributed by atoms with Crippen molar-refractivity contribution in [3.63, 3.8) is 0 Å². The first-order chi connectivity index (χ1) is 9.19. The van der Waals surface area contributed by atoms with Crippen molar-refractivity contribution < 1.29 is 4.79 Å². The minimum Gasteiger partial charge on any atom is -0.370 e. The van der Waals surface area contributed by atoms with Crippen LogP contribution in [0.4, 0.5) is 5.82 Å². The number of amides is 1. The van der Waals surface area contributed by atoms with Gasteiger partial charge in [0, 0.05) is 12.6 Å². The van der Waals surface area contributed by atoms with Crippen molar-refractivity contribution in [3.05, 3.63) is 23.9 Å². The third kappa shape index (κ3) is 4.54. The fourth-order valence-corrected chi connectivity index (χ4v) is 2.12. The summed E-state index contributed by atoms with van der Waals surface area (Å²) < 4.78 is 0. The fraction of sp³-hybridized carbons (Fsp3) is 0.600. The van der Waals surface area contributed by atoms with Gasteiger partial charge >= 0.3 is 0 Å². The molecule has 0 bridgehead atoms. The van der Waals surface area contributed by atoms with E-state index in [9.17, 15) is 4.79 Å². The van der Waals surface area contributed by atoms with Gasteiger partial charge in [-0.25, -0.2) is 4.98 Å². The van der Waals surface area contributed by atoms with Crippen molar-refractivity contribution in [2.24, 2.45) is 5.92 Å². The Kier molecular flexibility index (Phi) is 4.77. The maximum Gasteiger partial charge on any atom is 0.270 e. The number of carbonyl (C=O) groups is 1. The molecule has 0 spiro atoms. The smallest absolute Gasteiger partial charge is 0.270 e. The summed E-state index contributed by atoms with van der Waals surface area (Å²) in [6.07, 6.45) is 4.75. The molecule has 0 saturated heterocycles. The Morgan fingerprint density at radius 3 is 2.95 bits per heavy atom. The Labute approximate surface area is 115 Å². The van der Waals surface area contributed by atoms with E-state index >= 15 is 0 Å². The van der Waals surface area contributed by atoms with Crippen LogP contribution in [0.5, 0.6) is 0 Å². The zero-order valence-corrected chi connectivity index (χ0v) is 11.8. The van der Waals surface area contributed by atoms with Crippen molar-refractivity contribution in [1.82, 2.24) is 10.3 Å². The molecule has 104 valence electrons. The Bertz CT molecular complexity index is 429. The first-order valence-corrected chi connectivity index (χ1v) is 7.21. The van der Waals surface area contributed by atoms with Crippen LogP contribution in [-0.2, 0) is 0 Å². The van der Waals surface area contributed by atoms with Crippen LogP contribution in [-0.4, -0.2) is 23.5 Å². The molecule has 1 aromatic heterocycles. The molecular weight excluding hydrogens is 238 g/mol. The zero-order valence-electron chi connectivity index (χ0n) is 11.8. The lowest BCUT2D eigenvalue weighted by atomic mass is 10.1. The second kappa shape index (κ2) is 6.55. The molecule has 4 nitrogen and oxygen atoms in total. The number of hydrogen-bond acceptors (Lipinski definition) is 3. The molecule has 1 aliphatic rings. The average molecular weight is 261 g/mol. The molecule has 1 saturated carbocycles. The topological polar surface area (TPSA) is 54.0 Å². The summed E-state index contributed by atoms with van der Waals surface area (Å²) >= 11 is 0. The summed E-state index contributed by atoms with van der Waals surface area (Å²) in [5.74, 6) is 1.51. The van der Waals surface area contributed by atoms with Gasteiger partial charge in [0.1, 0.15) is 11.5 Å². The van der Waals surface area contributed by atoms with E-state index in [-0.39, 0.29) is 11.9 Å². The molecule has 0 radical (unpaired) electrons. The number of nitrogens with one attached hydrogen (secondary N) is 2.